The van der Waals surface area contributed by atoms with E-state index in [2.05, 4.69) is 17.1 Å². The van der Waals surface area contributed by atoms with Gasteiger partial charge in [0.1, 0.15) is 0 Å². The van der Waals surface area contributed by atoms with Crippen LogP contribution in [0.1, 0.15) is 52.9 Å². The fraction of sp³-hybridized carbons (Fsp3) is 1.00. The van der Waals surface area contributed by atoms with E-state index < -0.39 is 0 Å². The molecule has 98 valence electrons. The molecule has 1 fully saturated rings. The van der Waals surface area contributed by atoms with E-state index in [1.807, 2.05) is 20.9 Å². The van der Waals surface area contributed by atoms with Crippen molar-refractivity contribution in [3.05, 3.63) is 0 Å². The summed E-state index contributed by atoms with van der Waals surface area (Å²) in [6, 6.07) is 0. The van der Waals surface area contributed by atoms with Gasteiger partial charge in [0.05, 0.1) is 0 Å². The van der Waals surface area contributed by atoms with Crippen LogP contribution >= 0.6 is 0 Å². The molecule has 0 unspecified atom stereocenters. The third-order valence-electron chi connectivity index (χ3n) is 3.31. The van der Waals surface area contributed by atoms with Crippen LogP contribution in [0.15, 0.2) is 0 Å². The molecule has 1 heterocycles. The second-order valence-electron chi connectivity index (χ2n) is 4.53. The van der Waals surface area contributed by atoms with E-state index >= 15 is 0 Å². The Morgan fingerprint density at radius 2 is 1.81 bits per heavy atom. The smallest absolute Gasteiger partial charge is 0.000664 e. The molecule has 0 radical (unpaired) electrons. The predicted molar refractivity (Wildman–Crippen MR) is 74.0 cm³/mol. The molecule has 2 nitrogen and oxygen atoms in total. The van der Waals surface area contributed by atoms with Crippen molar-refractivity contribution in [2.75, 3.05) is 33.2 Å². The molecule has 0 saturated carbocycles. The van der Waals surface area contributed by atoms with Gasteiger partial charge in [0.15, 0.2) is 0 Å². The first-order valence-corrected chi connectivity index (χ1v) is 7.23. The van der Waals surface area contributed by atoms with Gasteiger partial charge in [-0.2, -0.15) is 0 Å². The highest BCUT2D eigenvalue weighted by molar-refractivity contribution is 4.71. The van der Waals surface area contributed by atoms with E-state index in [-0.39, 0.29) is 0 Å². The molecule has 0 aromatic rings. The number of nitrogens with one attached hydrogen (secondary N) is 1. The van der Waals surface area contributed by atoms with Gasteiger partial charge in [0, 0.05) is 0 Å². The van der Waals surface area contributed by atoms with Gasteiger partial charge in [-0.3, -0.25) is 0 Å². The molecule has 0 spiro atoms. The summed E-state index contributed by atoms with van der Waals surface area (Å²) < 4.78 is 0. The summed E-state index contributed by atoms with van der Waals surface area (Å²) in [4.78, 5) is 2.63. The van der Waals surface area contributed by atoms with Gasteiger partial charge in [-0.1, -0.05) is 33.6 Å². The van der Waals surface area contributed by atoms with E-state index in [0.29, 0.717) is 0 Å². The van der Waals surface area contributed by atoms with Crippen molar-refractivity contribution in [3.63, 3.8) is 0 Å². The van der Waals surface area contributed by atoms with E-state index in [1.54, 1.807) is 0 Å². The molecular weight excluding hydrogens is 196 g/mol. The highest BCUT2D eigenvalue weighted by atomic mass is 15.1. The number of nitrogens with zero attached hydrogens (tertiary/aromatic N) is 1. The van der Waals surface area contributed by atoms with Crippen LogP contribution in [0, 0.1) is 5.92 Å². The molecule has 0 aliphatic carbocycles. The van der Waals surface area contributed by atoms with Gasteiger partial charge < -0.3 is 10.2 Å². The van der Waals surface area contributed by atoms with Gasteiger partial charge in [0.25, 0.3) is 0 Å². The monoisotopic (exact) mass is 228 g/mol. The quantitative estimate of drug-likeness (QED) is 0.703. The molecule has 1 saturated heterocycles. The molecule has 1 N–H and O–H groups in total. The Morgan fingerprint density at radius 3 is 2.31 bits per heavy atom. The summed E-state index contributed by atoms with van der Waals surface area (Å²) in [7, 11) is 2.04. The second-order valence-corrected chi connectivity index (χ2v) is 4.53. The summed E-state index contributed by atoms with van der Waals surface area (Å²) in [6.45, 7) is 11.4. The summed E-state index contributed by atoms with van der Waals surface area (Å²) in [5.41, 5.74) is 0. The lowest BCUT2D eigenvalue weighted by Gasteiger charge is -2.31. The molecule has 1 aliphatic heterocycles. The minimum Gasteiger partial charge on any atom is -0.320 e. The Kier molecular flexibility index (Phi) is 11.3. The zero-order chi connectivity index (χ0) is 12.2. The van der Waals surface area contributed by atoms with Crippen LogP contribution in [0.5, 0.6) is 0 Å². The van der Waals surface area contributed by atoms with Crippen molar-refractivity contribution in [1.29, 1.82) is 0 Å². The summed E-state index contributed by atoms with van der Waals surface area (Å²) in [5, 5.41) is 3.21. The van der Waals surface area contributed by atoms with Crippen molar-refractivity contribution >= 4 is 0 Å². The highest BCUT2D eigenvalue weighted by Gasteiger charge is 2.17. The zero-order valence-corrected chi connectivity index (χ0v) is 11.9. The van der Waals surface area contributed by atoms with Crippen LogP contribution in [-0.4, -0.2) is 38.1 Å². The summed E-state index contributed by atoms with van der Waals surface area (Å²) in [6.07, 6.45) is 6.99. The van der Waals surface area contributed by atoms with Crippen molar-refractivity contribution in [2.24, 2.45) is 5.92 Å². The Labute approximate surface area is 103 Å². The number of piperidine rings is 1. The topological polar surface area (TPSA) is 15.3 Å². The first-order chi connectivity index (χ1) is 7.86. The minimum absolute atomic E-state index is 1.03. The van der Waals surface area contributed by atoms with Crippen LogP contribution in [0.25, 0.3) is 0 Å². The first-order valence-electron chi connectivity index (χ1n) is 7.23. The van der Waals surface area contributed by atoms with Crippen LogP contribution in [0.2, 0.25) is 0 Å². The van der Waals surface area contributed by atoms with Crippen molar-refractivity contribution in [1.82, 2.24) is 10.2 Å². The maximum Gasteiger partial charge on any atom is -0.000664 e. The minimum atomic E-state index is 1.03. The number of likely N-dealkylation sites (tertiary alicyclic amines) is 1. The summed E-state index contributed by atoms with van der Waals surface area (Å²) in [5.74, 6) is 1.03. The molecule has 2 heteroatoms. The van der Waals surface area contributed by atoms with Crippen LogP contribution in [0.3, 0.4) is 0 Å². The van der Waals surface area contributed by atoms with E-state index in [1.165, 1.54) is 51.7 Å². The van der Waals surface area contributed by atoms with E-state index in [0.717, 1.165) is 12.5 Å². The van der Waals surface area contributed by atoms with Crippen molar-refractivity contribution in [3.8, 4) is 0 Å². The Morgan fingerprint density at radius 1 is 1.19 bits per heavy atom. The van der Waals surface area contributed by atoms with Gasteiger partial charge in [-0.15, -0.1) is 0 Å². The molecular formula is C14H32N2. The Balaban J connectivity index is 0.00000106. The Bertz CT molecular complexity index is 129. The molecule has 0 aromatic carbocycles. The molecule has 0 amide bonds. The number of hydrogen-bond donors (Lipinski definition) is 1. The lowest BCUT2D eigenvalue weighted by molar-refractivity contribution is 0.177. The fourth-order valence-electron chi connectivity index (χ4n) is 2.39. The third-order valence-corrected chi connectivity index (χ3v) is 3.31. The predicted octanol–water partition coefficient (Wildman–Crippen LogP) is 3.13. The third kappa shape index (κ3) is 7.24. The first kappa shape index (κ1) is 15.9. The molecule has 0 bridgehead atoms. The normalized spacial score (nSPS) is 18.0. The standard InChI is InChI=1S/C12H26N2.C2H6/c1-3-5-12-6-10-14(11-7-12)9-4-8-13-2;1-2/h12-13H,3-11H2,1-2H3;1-2H3. The largest absolute Gasteiger partial charge is 0.320 e. The molecule has 0 aromatic heterocycles. The number of hydrogen-bond acceptors (Lipinski definition) is 2. The van der Waals surface area contributed by atoms with Crippen LogP contribution in [0.4, 0.5) is 0 Å². The molecule has 16 heavy (non-hydrogen) atoms. The maximum atomic E-state index is 3.21. The van der Waals surface area contributed by atoms with Crippen molar-refractivity contribution < 1.29 is 0 Å². The van der Waals surface area contributed by atoms with Crippen LogP contribution < -0.4 is 5.32 Å². The van der Waals surface area contributed by atoms with Gasteiger partial charge in [-0.25, -0.2) is 0 Å². The Hall–Kier alpha value is -0.0800. The highest BCUT2D eigenvalue weighted by Crippen LogP contribution is 2.21. The summed E-state index contributed by atoms with van der Waals surface area (Å²) >= 11 is 0. The maximum absolute atomic E-state index is 3.21. The van der Waals surface area contributed by atoms with E-state index in [4.69, 9.17) is 0 Å². The lowest BCUT2D eigenvalue weighted by Crippen LogP contribution is -2.35. The second kappa shape index (κ2) is 11.4. The molecule has 1 rings (SSSR count). The van der Waals surface area contributed by atoms with Gasteiger partial charge in [0.2, 0.25) is 0 Å². The lowest BCUT2D eigenvalue weighted by atomic mass is 9.92. The molecule has 1 aliphatic rings. The molecule has 0 atom stereocenters. The van der Waals surface area contributed by atoms with Crippen molar-refractivity contribution in [2.45, 2.75) is 52.9 Å². The van der Waals surface area contributed by atoms with Gasteiger partial charge in [-0.05, 0) is 58.4 Å². The number of rotatable bonds is 6. The average Bonchev–Trinajstić information content (AvgIpc) is 2.35. The average molecular weight is 228 g/mol. The van der Waals surface area contributed by atoms with E-state index in [9.17, 15) is 0 Å². The SMILES string of the molecule is CC.CCCC1CCN(CCCNC)CC1. The fourth-order valence-corrected chi connectivity index (χ4v) is 2.39. The zero-order valence-electron chi connectivity index (χ0n) is 11.9. The van der Waals surface area contributed by atoms with Crippen LogP contribution in [-0.2, 0) is 0 Å². The van der Waals surface area contributed by atoms with Gasteiger partial charge >= 0.3 is 0 Å².